The molecule has 0 saturated carbocycles. The van der Waals surface area contributed by atoms with Crippen LogP contribution in [0.2, 0.25) is 0 Å². The molecule has 2 fully saturated rings. The average Bonchev–Trinajstić information content (AvgIpc) is 2.96. The Morgan fingerprint density at radius 1 is 0.921 bits per heavy atom. The maximum absolute atomic E-state index is 13.1. The highest BCUT2D eigenvalue weighted by Gasteiger charge is 2.16. The molecule has 9 heteroatoms. The Morgan fingerprint density at radius 3 is 2.50 bits per heavy atom. The zero-order chi connectivity index (χ0) is 26.3. The molecule has 3 N–H and O–H groups in total. The van der Waals surface area contributed by atoms with Crippen LogP contribution in [0, 0.1) is 6.92 Å². The second-order valence-electron chi connectivity index (χ2n) is 9.67. The van der Waals surface area contributed by atoms with E-state index in [9.17, 15) is 9.59 Å². The molecule has 2 amide bonds. The molecule has 0 aliphatic carbocycles. The van der Waals surface area contributed by atoms with Crippen LogP contribution in [-0.4, -0.2) is 74.2 Å². The normalized spacial score (nSPS) is 16.2. The maximum Gasteiger partial charge on any atom is 0.255 e. The number of amides is 2. The molecule has 1 aromatic heterocycles. The molecule has 3 heterocycles. The number of carbonyl (C=O) groups excluding carboxylic acids is 2. The molecule has 2 saturated heterocycles. The molecular weight excluding hydrogens is 480 g/mol. The quantitative estimate of drug-likeness (QED) is 0.446. The average molecular weight is 515 g/mol. The van der Waals surface area contributed by atoms with Gasteiger partial charge in [0.05, 0.1) is 13.2 Å². The zero-order valence-corrected chi connectivity index (χ0v) is 21.7. The Hall–Kier alpha value is -3.79. The largest absolute Gasteiger partial charge is 0.378 e. The van der Waals surface area contributed by atoms with Crippen molar-refractivity contribution in [3.05, 3.63) is 83.0 Å². The Kier molecular flexibility index (Phi) is 8.28. The van der Waals surface area contributed by atoms with E-state index >= 15 is 0 Å². The first-order valence-corrected chi connectivity index (χ1v) is 13.1. The minimum absolute atomic E-state index is 0.178. The van der Waals surface area contributed by atoms with Crippen molar-refractivity contribution >= 4 is 29.0 Å². The Balaban J connectivity index is 1.24. The first kappa shape index (κ1) is 25.8. The number of rotatable bonds is 7. The van der Waals surface area contributed by atoms with Gasteiger partial charge in [-0.15, -0.1) is 0 Å². The number of piperazine rings is 1. The van der Waals surface area contributed by atoms with E-state index in [4.69, 9.17) is 4.74 Å². The smallest absolute Gasteiger partial charge is 0.255 e. The first-order valence-electron chi connectivity index (χ1n) is 13.1. The summed E-state index contributed by atoms with van der Waals surface area (Å²) in [4.78, 5) is 35.0. The Labute approximate surface area is 223 Å². The number of nitrogens with zero attached hydrogens (tertiary/aromatic N) is 3. The molecule has 0 radical (unpaired) electrons. The third-order valence-electron chi connectivity index (χ3n) is 6.89. The van der Waals surface area contributed by atoms with Gasteiger partial charge in [-0.25, -0.2) is 4.98 Å². The van der Waals surface area contributed by atoms with Gasteiger partial charge in [0, 0.05) is 74.5 Å². The Morgan fingerprint density at radius 2 is 1.68 bits per heavy atom. The SMILES string of the molecule is Cc1ccc(NC(=O)c2ccnc(N3CCOCC3)c2)cc1NC(=O)c1cccc(CN2CCNCC2)c1. The van der Waals surface area contributed by atoms with Gasteiger partial charge in [0.15, 0.2) is 0 Å². The summed E-state index contributed by atoms with van der Waals surface area (Å²) in [7, 11) is 0. The van der Waals surface area contributed by atoms with Gasteiger partial charge >= 0.3 is 0 Å². The molecule has 2 aliphatic heterocycles. The van der Waals surface area contributed by atoms with Gasteiger partial charge in [-0.1, -0.05) is 18.2 Å². The van der Waals surface area contributed by atoms with Crippen LogP contribution in [-0.2, 0) is 11.3 Å². The minimum Gasteiger partial charge on any atom is -0.378 e. The maximum atomic E-state index is 13.1. The number of morpholine rings is 1. The molecule has 9 nitrogen and oxygen atoms in total. The number of anilines is 3. The highest BCUT2D eigenvalue weighted by Crippen LogP contribution is 2.23. The van der Waals surface area contributed by atoms with Crippen molar-refractivity contribution < 1.29 is 14.3 Å². The molecule has 0 spiro atoms. The van der Waals surface area contributed by atoms with Crippen molar-refractivity contribution in [3.8, 4) is 0 Å². The lowest BCUT2D eigenvalue weighted by Gasteiger charge is -2.27. The molecule has 5 rings (SSSR count). The van der Waals surface area contributed by atoms with E-state index in [0.717, 1.165) is 62.8 Å². The second-order valence-corrected chi connectivity index (χ2v) is 9.67. The lowest BCUT2D eigenvalue weighted by molar-refractivity contribution is 0.101. The number of benzene rings is 2. The van der Waals surface area contributed by atoms with E-state index in [1.807, 2.05) is 37.3 Å². The fourth-order valence-corrected chi connectivity index (χ4v) is 4.70. The van der Waals surface area contributed by atoms with Crippen LogP contribution in [0.25, 0.3) is 0 Å². The van der Waals surface area contributed by atoms with Crippen molar-refractivity contribution in [1.82, 2.24) is 15.2 Å². The predicted octanol–water partition coefficient (Wildman–Crippen LogP) is 3.14. The number of ether oxygens (including phenoxy) is 1. The van der Waals surface area contributed by atoms with Crippen molar-refractivity contribution in [2.75, 3.05) is 68.0 Å². The summed E-state index contributed by atoms with van der Waals surface area (Å²) in [6.45, 7) is 9.53. The fraction of sp³-hybridized carbons (Fsp3) is 0.345. The zero-order valence-electron chi connectivity index (χ0n) is 21.7. The molecular formula is C29H34N6O3. The molecule has 3 aromatic rings. The number of aromatic nitrogens is 1. The molecule has 2 aromatic carbocycles. The van der Waals surface area contributed by atoms with E-state index < -0.39 is 0 Å². The highest BCUT2D eigenvalue weighted by atomic mass is 16.5. The lowest BCUT2D eigenvalue weighted by Crippen LogP contribution is -2.42. The van der Waals surface area contributed by atoms with Gasteiger partial charge in [-0.05, 0) is 54.4 Å². The third-order valence-corrected chi connectivity index (χ3v) is 6.89. The van der Waals surface area contributed by atoms with Gasteiger partial charge in [0.2, 0.25) is 0 Å². The molecule has 2 aliphatic rings. The Bertz CT molecular complexity index is 1280. The van der Waals surface area contributed by atoms with E-state index in [0.29, 0.717) is 35.7 Å². The monoisotopic (exact) mass is 514 g/mol. The van der Waals surface area contributed by atoms with Gasteiger partial charge in [-0.2, -0.15) is 0 Å². The van der Waals surface area contributed by atoms with Crippen molar-refractivity contribution in [2.24, 2.45) is 0 Å². The molecule has 198 valence electrons. The van der Waals surface area contributed by atoms with E-state index in [1.165, 1.54) is 0 Å². The van der Waals surface area contributed by atoms with Crippen molar-refractivity contribution in [2.45, 2.75) is 13.5 Å². The summed E-state index contributed by atoms with van der Waals surface area (Å²) in [6.07, 6.45) is 1.65. The summed E-state index contributed by atoms with van der Waals surface area (Å²) < 4.78 is 5.41. The standard InChI is InChI=1S/C29H34N6O3/c1-21-5-6-25(32-28(36)24-7-8-31-27(18-24)35-13-15-38-16-14-35)19-26(21)33-29(37)23-4-2-3-22(17-23)20-34-11-9-30-10-12-34/h2-8,17-19,30H,9-16,20H2,1H3,(H,32,36)(H,33,37). The highest BCUT2D eigenvalue weighted by molar-refractivity contribution is 6.07. The third kappa shape index (κ3) is 6.55. The van der Waals surface area contributed by atoms with Gasteiger partial charge in [-0.3, -0.25) is 14.5 Å². The number of carbonyl (C=O) groups is 2. The fourth-order valence-electron chi connectivity index (χ4n) is 4.70. The number of aryl methyl sites for hydroxylation is 1. The van der Waals surface area contributed by atoms with Crippen LogP contribution in [0.1, 0.15) is 31.8 Å². The number of hydrogen-bond acceptors (Lipinski definition) is 7. The summed E-state index contributed by atoms with van der Waals surface area (Å²) in [6, 6.07) is 16.8. The van der Waals surface area contributed by atoms with Crippen LogP contribution in [0.15, 0.2) is 60.8 Å². The molecule has 0 atom stereocenters. The van der Waals surface area contributed by atoms with Gasteiger partial charge in [0.1, 0.15) is 5.82 Å². The topological polar surface area (TPSA) is 98.8 Å². The number of hydrogen-bond donors (Lipinski definition) is 3. The van der Waals surface area contributed by atoms with Crippen molar-refractivity contribution in [1.29, 1.82) is 0 Å². The number of nitrogens with one attached hydrogen (secondary N) is 3. The number of pyridine rings is 1. The molecule has 0 unspecified atom stereocenters. The molecule has 0 bridgehead atoms. The van der Waals surface area contributed by atoms with E-state index in [1.54, 1.807) is 24.4 Å². The van der Waals surface area contributed by atoms with Crippen LogP contribution >= 0.6 is 0 Å². The van der Waals surface area contributed by atoms with Gasteiger partial charge < -0.3 is 25.6 Å². The van der Waals surface area contributed by atoms with Crippen molar-refractivity contribution in [3.63, 3.8) is 0 Å². The minimum atomic E-state index is -0.233. The van der Waals surface area contributed by atoms with E-state index in [-0.39, 0.29) is 11.8 Å². The van der Waals surface area contributed by atoms with Crippen LogP contribution in [0.5, 0.6) is 0 Å². The van der Waals surface area contributed by atoms with Crippen LogP contribution in [0.4, 0.5) is 17.2 Å². The van der Waals surface area contributed by atoms with E-state index in [2.05, 4.69) is 36.8 Å². The summed E-state index contributed by atoms with van der Waals surface area (Å²) in [5.41, 5.74) is 4.42. The summed E-state index contributed by atoms with van der Waals surface area (Å²) in [5, 5.41) is 9.34. The molecule has 38 heavy (non-hydrogen) atoms. The summed E-state index contributed by atoms with van der Waals surface area (Å²) in [5.74, 6) is 0.351. The first-order chi connectivity index (χ1) is 18.5. The van der Waals surface area contributed by atoms with Crippen LogP contribution < -0.4 is 20.9 Å². The predicted molar refractivity (Wildman–Crippen MR) is 149 cm³/mol. The van der Waals surface area contributed by atoms with Crippen LogP contribution in [0.3, 0.4) is 0 Å². The summed E-state index contributed by atoms with van der Waals surface area (Å²) >= 11 is 0. The van der Waals surface area contributed by atoms with Gasteiger partial charge in [0.25, 0.3) is 11.8 Å². The lowest BCUT2D eigenvalue weighted by atomic mass is 10.1. The second kappa shape index (κ2) is 12.2.